The highest BCUT2D eigenvalue weighted by Crippen LogP contribution is 2.15. The molecule has 0 bridgehead atoms. The van der Waals surface area contributed by atoms with Crippen LogP contribution in [0.1, 0.15) is 15.9 Å². The number of carbonyl (C=O) groups is 1. The third-order valence-corrected chi connectivity index (χ3v) is 2.16. The summed E-state index contributed by atoms with van der Waals surface area (Å²) >= 11 is 0. The number of amides is 1. The third-order valence-electron chi connectivity index (χ3n) is 2.16. The number of rotatable bonds is 4. The minimum Gasteiger partial charge on any atom is -0.388 e. The van der Waals surface area contributed by atoms with E-state index in [1.54, 1.807) is 12.1 Å². The minimum absolute atomic E-state index is 0.0688. The predicted octanol–water partition coefficient (Wildman–Crippen LogP) is 1.95. The second-order valence-electron chi connectivity index (χ2n) is 3.28. The first-order valence-electron chi connectivity index (χ1n) is 4.86. The lowest BCUT2D eigenvalue weighted by Crippen LogP contribution is -2.23. The fourth-order valence-corrected chi connectivity index (χ4v) is 1.35. The van der Waals surface area contributed by atoms with Crippen LogP contribution in [-0.4, -0.2) is 19.5 Å². The highest BCUT2D eigenvalue weighted by molar-refractivity contribution is 5.94. The van der Waals surface area contributed by atoms with Crippen molar-refractivity contribution in [3.05, 3.63) is 42.0 Å². The molecule has 0 unspecified atom stereocenters. The highest BCUT2D eigenvalue weighted by atomic mass is 16.1. The largest absolute Gasteiger partial charge is 0.388 e. The molecule has 1 amide bonds. The molecule has 3 heteroatoms. The summed E-state index contributed by atoms with van der Waals surface area (Å²) in [6.45, 7) is 6.01. The van der Waals surface area contributed by atoms with Gasteiger partial charge in [-0.1, -0.05) is 6.08 Å². The monoisotopic (exact) mass is 204 g/mol. The number of hydrogen-bond donors (Lipinski definition) is 2. The van der Waals surface area contributed by atoms with Crippen LogP contribution in [0.25, 0.3) is 0 Å². The van der Waals surface area contributed by atoms with Crippen molar-refractivity contribution < 1.29 is 4.79 Å². The Kier molecular flexibility index (Phi) is 3.92. The quantitative estimate of drug-likeness (QED) is 0.736. The van der Waals surface area contributed by atoms with Crippen molar-refractivity contribution in [2.75, 3.05) is 18.9 Å². The van der Waals surface area contributed by atoms with Crippen LogP contribution in [0.2, 0.25) is 0 Å². The number of nitrogens with one attached hydrogen (secondary N) is 2. The summed E-state index contributed by atoms with van der Waals surface area (Å²) < 4.78 is 0. The van der Waals surface area contributed by atoms with Crippen molar-refractivity contribution in [1.29, 1.82) is 0 Å². The van der Waals surface area contributed by atoms with Gasteiger partial charge in [0.2, 0.25) is 0 Å². The van der Waals surface area contributed by atoms with Gasteiger partial charge in [-0.2, -0.15) is 0 Å². The molecule has 0 heterocycles. The summed E-state index contributed by atoms with van der Waals surface area (Å²) in [6.07, 6.45) is 1.66. The fraction of sp³-hybridized carbons (Fsp3) is 0.250. The lowest BCUT2D eigenvalue weighted by molar-refractivity contribution is 0.0958. The third kappa shape index (κ3) is 2.84. The Morgan fingerprint density at radius 2 is 2.27 bits per heavy atom. The van der Waals surface area contributed by atoms with E-state index in [0.717, 1.165) is 11.3 Å². The van der Waals surface area contributed by atoms with E-state index in [0.29, 0.717) is 12.1 Å². The molecule has 1 rings (SSSR count). The van der Waals surface area contributed by atoms with Crippen LogP contribution in [0, 0.1) is 6.92 Å². The van der Waals surface area contributed by atoms with E-state index in [9.17, 15) is 4.79 Å². The van der Waals surface area contributed by atoms with Gasteiger partial charge in [-0.25, -0.2) is 0 Å². The average molecular weight is 204 g/mol. The van der Waals surface area contributed by atoms with E-state index >= 15 is 0 Å². The van der Waals surface area contributed by atoms with Gasteiger partial charge in [0.25, 0.3) is 5.91 Å². The van der Waals surface area contributed by atoms with Gasteiger partial charge < -0.3 is 10.6 Å². The van der Waals surface area contributed by atoms with Crippen LogP contribution in [0.3, 0.4) is 0 Å². The topological polar surface area (TPSA) is 41.1 Å². The molecule has 0 spiro atoms. The van der Waals surface area contributed by atoms with Gasteiger partial charge in [-0.15, -0.1) is 6.58 Å². The smallest absolute Gasteiger partial charge is 0.251 e. The van der Waals surface area contributed by atoms with Gasteiger partial charge in [0.15, 0.2) is 0 Å². The summed E-state index contributed by atoms with van der Waals surface area (Å²) in [7, 11) is 1.86. The van der Waals surface area contributed by atoms with Crippen molar-refractivity contribution in [1.82, 2.24) is 5.32 Å². The second-order valence-corrected chi connectivity index (χ2v) is 3.28. The van der Waals surface area contributed by atoms with Gasteiger partial charge >= 0.3 is 0 Å². The standard InChI is InChI=1S/C12H16N2O/c1-4-7-14-12(15)10-5-6-11(13-3)9(2)8-10/h4-6,8,13H,1,7H2,2-3H3,(H,14,15). The summed E-state index contributed by atoms with van der Waals surface area (Å²) in [4.78, 5) is 11.6. The van der Waals surface area contributed by atoms with Crippen molar-refractivity contribution in [2.45, 2.75) is 6.92 Å². The summed E-state index contributed by atoms with van der Waals surface area (Å²) in [5.41, 5.74) is 2.77. The van der Waals surface area contributed by atoms with E-state index in [1.165, 1.54) is 0 Å². The molecule has 0 radical (unpaired) electrons. The van der Waals surface area contributed by atoms with Crippen LogP contribution in [0.15, 0.2) is 30.9 Å². The molecule has 0 saturated heterocycles. The van der Waals surface area contributed by atoms with Gasteiger partial charge in [0, 0.05) is 24.8 Å². The molecule has 1 aromatic rings. The van der Waals surface area contributed by atoms with Crippen molar-refractivity contribution in [2.24, 2.45) is 0 Å². The number of aryl methyl sites for hydroxylation is 1. The Morgan fingerprint density at radius 3 is 2.80 bits per heavy atom. The Morgan fingerprint density at radius 1 is 1.53 bits per heavy atom. The van der Waals surface area contributed by atoms with Crippen LogP contribution < -0.4 is 10.6 Å². The molecule has 80 valence electrons. The maximum Gasteiger partial charge on any atom is 0.251 e. The van der Waals surface area contributed by atoms with Gasteiger partial charge in [-0.05, 0) is 30.7 Å². The molecule has 0 fully saturated rings. The zero-order chi connectivity index (χ0) is 11.3. The van der Waals surface area contributed by atoms with Gasteiger partial charge in [-0.3, -0.25) is 4.79 Å². The lowest BCUT2D eigenvalue weighted by atomic mass is 10.1. The molecule has 0 saturated carbocycles. The maximum atomic E-state index is 11.6. The van der Waals surface area contributed by atoms with Crippen LogP contribution in [0.4, 0.5) is 5.69 Å². The van der Waals surface area contributed by atoms with Crippen molar-refractivity contribution in [3.8, 4) is 0 Å². The number of benzene rings is 1. The minimum atomic E-state index is -0.0688. The molecule has 15 heavy (non-hydrogen) atoms. The Bertz CT molecular complexity index is 372. The van der Waals surface area contributed by atoms with E-state index in [1.807, 2.05) is 26.1 Å². The van der Waals surface area contributed by atoms with Crippen LogP contribution in [0.5, 0.6) is 0 Å². The Labute approximate surface area is 90.2 Å². The van der Waals surface area contributed by atoms with Gasteiger partial charge in [0.1, 0.15) is 0 Å². The molecule has 0 aromatic heterocycles. The Hall–Kier alpha value is -1.77. The molecule has 2 N–H and O–H groups in total. The first-order chi connectivity index (χ1) is 7.19. The maximum absolute atomic E-state index is 11.6. The summed E-state index contributed by atoms with van der Waals surface area (Å²) in [5.74, 6) is -0.0688. The molecule has 0 aliphatic rings. The zero-order valence-corrected chi connectivity index (χ0v) is 9.13. The first kappa shape index (κ1) is 11.3. The second kappa shape index (κ2) is 5.20. The van der Waals surface area contributed by atoms with E-state index in [2.05, 4.69) is 17.2 Å². The SMILES string of the molecule is C=CCNC(=O)c1ccc(NC)c(C)c1. The van der Waals surface area contributed by atoms with E-state index in [-0.39, 0.29) is 5.91 Å². The summed E-state index contributed by atoms with van der Waals surface area (Å²) in [6, 6.07) is 5.57. The molecule has 3 nitrogen and oxygen atoms in total. The normalized spacial score (nSPS) is 9.47. The van der Waals surface area contributed by atoms with Crippen molar-refractivity contribution in [3.63, 3.8) is 0 Å². The zero-order valence-electron chi connectivity index (χ0n) is 9.13. The summed E-state index contributed by atoms with van der Waals surface area (Å²) in [5, 5.41) is 5.79. The van der Waals surface area contributed by atoms with E-state index < -0.39 is 0 Å². The number of hydrogen-bond acceptors (Lipinski definition) is 2. The predicted molar refractivity (Wildman–Crippen MR) is 63.3 cm³/mol. The average Bonchev–Trinajstić information content (AvgIpc) is 2.25. The molecule has 0 aliphatic carbocycles. The molecule has 0 aliphatic heterocycles. The highest BCUT2D eigenvalue weighted by Gasteiger charge is 2.05. The number of anilines is 1. The van der Waals surface area contributed by atoms with Crippen LogP contribution in [-0.2, 0) is 0 Å². The number of carbonyl (C=O) groups excluding carboxylic acids is 1. The van der Waals surface area contributed by atoms with Gasteiger partial charge in [0.05, 0.1) is 0 Å². The molecular weight excluding hydrogens is 188 g/mol. The lowest BCUT2D eigenvalue weighted by Gasteiger charge is -2.07. The molecule has 0 atom stereocenters. The Balaban J connectivity index is 2.82. The molecular formula is C12H16N2O. The van der Waals surface area contributed by atoms with Crippen LogP contribution >= 0.6 is 0 Å². The van der Waals surface area contributed by atoms with E-state index in [4.69, 9.17) is 0 Å². The fourth-order valence-electron chi connectivity index (χ4n) is 1.35. The molecule has 1 aromatic carbocycles. The first-order valence-corrected chi connectivity index (χ1v) is 4.86. The van der Waals surface area contributed by atoms with Crippen molar-refractivity contribution >= 4 is 11.6 Å².